The fourth-order valence-electron chi connectivity index (χ4n) is 3.57. The van der Waals surface area contributed by atoms with Crippen LogP contribution >= 0.6 is 23.1 Å². The molecule has 7 heteroatoms. The Kier molecular flexibility index (Phi) is 6.67. The lowest BCUT2D eigenvalue weighted by Gasteiger charge is -2.08. The van der Waals surface area contributed by atoms with Gasteiger partial charge in [-0.1, -0.05) is 43.4 Å². The Bertz CT molecular complexity index is 1240. The number of benzene rings is 1. The fraction of sp³-hybridized carbons (Fsp3) is 0.320. The molecule has 0 N–H and O–H groups in total. The van der Waals surface area contributed by atoms with E-state index in [0.29, 0.717) is 5.25 Å². The van der Waals surface area contributed by atoms with Crippen molar-refractivity contribution in [3.8, 4) is 22.1 Å². The number of hydrogen-bond donors (Lipinski definition) is 0. The average Bonchev–Trinajstić information content (AvgIpc) is 3.33. The largest absolute Gasteiger partial charge is 0.496 e. The van der Waals surface area contributed by atoms with Gasteiger partial charge >= 0.3 is 0 Å². The maximum Gasteiger partial charge on any atom is 0.211 e. The van der Waals surface area contributed by atoms with E-state index in [4.69, 9.17) is 14.8 Å². The maximum absolute atomic E-state index is 5.61. The summed E-state index contributed by atoms with van der Waals surface area (Å²) in [4.78, 5) is 9.61. The van der Waals surface area contributed by atoms with E-state index in [-0.39, 0.29) is 0 Å². The molecule has 1 aromatic carbocycles. The maximum atomic E-state index is 5.61. The van der Waals surface area contributed by atoms with Crippen molar-refractivity contribution in [2.75, 3.05) is 7.11 Å². The molecule has 3 aromatic heterocycles. The van der Waals surface area contributed by atoms with Crippen LogP contribution in [0.15, 0.2) is 46.8 Å². The Hall–Kier alpha value is -2.64. The van der Waals surface area contributed by atoms with Crippen LogP contribution in [0.5, 0.6) is 5.75 Å². The van der Waals surface area contributed by atoms with E-state index in [1.165, 1.54) is 15.3 Å². The highest BCUT2D eigenvalue weighted by molar-refractivity contribution is 8.01. The van der Waals surface area contributed by atoms with Gasteiger partial charge in [-0.15, -0.1) is 11.8 Å². The lowest BCUT2D eigenvalue weighted by atomic mass is 10.0. The number of methoxy groups -OCH3 is 1. The van der Waals surface area contributed by atoms with Crippen molar-refractivity contribution in [2.45, 2.75) is 50.5 Å². The Morgan fingerprint density at radius 2 is 1.78 bits per heavy atom. The van der Waals surface area contributed by atoms with Crippen molar-refractivity contribution in [3.63, 3.8) is 0 Å². The van der Waals surface area contributed by atoms with Gasteiger partial charge in [-0.3, -0.25) is 4.98 Å². The SMILES string of the molecule is COc1ccccc1-c1nc(-n2cc(Cc3ccc(C)nc3C)c(C)n2)sc1SC(C)C. The first-order valence-electron chi connectivity index (χ1n) is 10.6. The van der Waals surface area contributed by atoms with Crippen LogP contribution in [0.2, 0.25) is 0 Å². The van der Waals surface area contributed by atoms with Gasteiger partial charge in [0.05, 0.1) is 17.0 Å². The van der Waals surface area contributed by atoms with E-state index in [2.05, 4.69) is 57.1 Å². The van der Waals surface area contributed by atoms with E-state index in [1.54, 1.807) is 18.4 Å². The smallest absolute Gasteiger partial charge is 0.211 e. The van der Waals surface area contributed by atoms with Crippen LogP contribution in [0.25, 0.3) is 16.4 Å². The van der Waals surface area contributed by atoms with Crippen LogP contribution in [0, 0.1) is 20.8 Å². The van der Waals surface area contributed by atoms with Crippen LogP contribution in [0.4, 0.5) is 0 Å². The van der Waals surface area contributed by atoms with Gasteiger partial charge in [0.15, 0.2) is 0 Å². The highest BCUT2D eigenvalue weighted by Crippen LogP contribution is 2.42. The molecular formula is C25H28N4OS2. The van der Waals surface area contributed by atoms with Gasteiger partial charge in [-0.05, 0) is 50.1 Å². The van der Waals surface area contributed by atoms with Crippen LogP contribution in [-0.4, -0.2) is 32.1 Å². The Balaban J connectivity index is 1.72. The van der Waals surface area contributed by atoms with E-state index < -0.39 is 0 Å². The lowest BCUT2D eigenvalue weighted by Crippen LogP contribution is -1.96. The monoisotopic (exact) mass is 464 g/mol. The second kappa shape index (κ2) is 9.46. The van der Waals surface area contributed by atoms with Crippen LogP contribution in [0.3, 0.4) is 0 Å². The summed E-state index contributed by atoms with van der Waals surface area (Å²) in [5, 5.41) is 6.11. The highest BCUT2D eigenvalue weighted by atomic mass is 32.2. The van der Waals surface area contributed by atoms with E-state index >= 15 is 0 Å². The third-order valence-electron chi connectivity index (χ3n) is 5.20. The minimum atomic E-state index is 0.448. The number of rotatable bonds is 7. The normalized spacial score (nSPS) is 11.3. The summed E-state index contributed by atoms with van der Waals surface area (Å²) < 4.78 is 8.70. The number of aryl methyl sites for hydroxylation is 3. The number of thioether (sulfide) groups is 1. The van der Waals surface area contributed by atoms with E-state index in [0.717, 1.165) is 45.6 Å². The van der Waals surface area contributed by atoms with Gasteiger partial charge in [0, 0.05) is 34.8 Å². The molecule has 0 radical (unpaired) electrons. The molecule has 0 aliphatic carbocycles. The Morgan fingerprint density at radius 1 is 1.00 bits per heavy atom. The molecule has 3 heterocycles. The molecule has 0 saturated heterocycles. The summed E-state index contributed by atoms with van der Waals surface area (Å²) in [5.74, 6) is 0.828. The second-order valence-corrected chi connectivity index (χ2v) is 10.9. The number of pyridine rings is 1. The minimum Gasteiger partial charge on any atom is -0.496 e. The summed E-state index contributed by atoms with van der Waals surface area (Å²) in [6, 6.07) is 12.3. The fourth-order valence-corrected chi connectivity index (χ4v) is 6.00. The topological polar surface area (TPSA) is 52.8 Å². The molecule has 4 aromatic rings. The average molecular weight is 465 g/mol. The molecule has 5 nitrogen and oxygen atoms in total. The van der Waals surface area contributed by atoms with Crippen molar-refractivity contribution in [1.29, 1.82) is 0 Å². The van der Waals surface area contributed by atoms with Gasteiger partial charge in [0.25, 0.3) is 0 Å². The standard InChI is InChI=1S/C25H28N4OS2/c1-15(2)31-24-23(21-9-7-8-10-22(21)30-6)27-25(32-24)29-14-20(18(5)28-29)13-19-12-11-16(3)26-17(19)4/h7-12,14-15H,13H2,1-6H3. The number of ether oxygens (including phenoxy) is 1. The van der Waals surface area contributed by atoms with Crippen LogP contribution in [-0.2, 0) is 6.42 Å². The second-order valence-electron chi connectivity index (χ2n) is 8.06. The Morgan fingerprint density at radius 3 is 2.50 bits per heavy atom. The molecule has 0 amide bonds. The van der Waals surface area contributed by atoms with Gasteiger partial charge in [0.2, 0.25) is 5.13 Å². The third kappa shape index (κ3) is 4.74. The predicted octanol–water partition coefficient (Wildman–Crippen LogP) is 6.42. The molecule has 0 aliphatic rings. The number of thiazole rings is 1. The van der Waals surface area contributed by atoms with E-state index in [1.807, 2.05) is 41.6 Å². The summed E-state index contributed by atoms with van der Waals surface area (Å²) >= 11 is 3.50. The third-order valence-corrected chi connectivity index (χ3v) is 7.46. The molecule has 166 valence electrons. The Labute approximate surface area is 197 Å². The first-order valence-corrected chi connectivity index (χ1v) is 12.3. The van der Waals surface area contributed by atoms with Gasteiger partial charge < -0.3 is 4.74 Å². The molecule has 0 unspecified atom stereocenters. The summed E-state index contributed by atoms with van der Waals surface area (Å²) in [7, 11) is 1.70. The number of para-hydroxylation sites is 1. The van der Waals surface area contributed by atoms with Crippen LogP contribution < -0.4 is 4.74 Å². The van der Waals surface area contributed by atoms with Crippen molar-refractivity contribution in [1.82, 2.24) is 19.7 Å². The molecular weight excluding hydrogens is 436 g/mol. The molecule has 0 atom stereocenters. The number of hydrogen-bond acceptors (Lipinski definition) is 6. The van der Waals surface area contributed by atoms with Gasteiger partial charge in [-0.25, -0.2) is 9.67 Å². The zero-order valence-corrected chi connectivity index (χ0v) is 21.0. The summed E-state index contributed by atoms with van der Waals surface area (Å²) in [6.45, 7) is 10.5. The molecule has 0 saturated carbocycles. The molecule has 0 bridgehead atoms. The van der Waals surface area contributed by atoms with Crippen molar-refractivity contribution in [2.24, 2.45) is 0 Å². The van der Waals surface area contributed by atoms with Crippen LogP contribution in [0.1, 0.15) is 42.1 Å². The van der Waals surface area contributed by atoms with E-state index in [9.17, 15) is 0 Å². The molecule has 32 heavy (non-hydrogen) atoms. The molecule has 4 rings (SSSR count). The summed E-state index contributed by atoms with van der Waals surface area (Å²) in [5.41, 5.74) is 7.49. The zero-order valence-electron chi connectivity index (χ0n) is 19.3. The predicted molar refractivity (Wildman–Crippen MR) is 133 cm³/mol. The molecule has 0 fully saturated rings. The van der Waals surface area contributed by atoms with Crippen molar-refractivity contribution < 1.29 is 4.74 Å². The quantitative estimate of drug-likeness (QED) is 0.296. The molecule has 0 spiro atoms. The van der Waals surface area contributed by atoms with Crippen molar-refractivity contribution in [3.05, 3.63) is 70.8 Å². The highest BCUT2D eigenvalue weighted by Gasteiger charge is 2.20. The first kappa shape index (κ1) is 22.6. The zero-order chi connectivity index (χ0) is 22.8. The lowest BCUT2D eigenvalue weighted by molar-refractivity contribution is 0.416. The molecule has 0 aliphatic heterocycles. The van der Waals surface area contributed by atoms with Gasteiger partial charge in [-0.2, -0.15) is 5.10 Å². The minimum absolute atomic E-state index is 0.448. The number of aromatic nitrogens is 4. The number of nitrogens with zero attached hydrogens (tertiary/aromatic N) is 4. The van der Waals surface area contributed by atoms with Gasteiger partial charge in [0.1, 0.15) is 11.4 Å². The van der Waals surface area contributed by atoms with Crippen molar-refractivity contribution >= 4 is 23.1 Å². The summed E-state index contributed by atoms with van der Waals surface area (Å²) in [6.07, 6.45) is 2.91. The first-order chi connectivity index (χ1) is 15.4.